The van der Waals surface area contributed by atoms with Gasteiger partial charge in [0.25, 0.3) is 0 Å². The molecule has 232 valence electrons. The molecule has 11 nitrogen and oxygen atoms in total. The van der Waals surface area contributed by atoms with Gasteiger partial charge < -0.3 is 34.5 Å². The standard InChI is InChI=1S/C30H47NO10/c1-8-20(6)15-26(32)39-21(7)16-23(27(31)28(33)34)22-9-10-24(40-29(35)37-13-11-18(2)3)25(17-22)41-30(36)38-14-12-19(4)5/h9-10,17-21,23,27H,8,11-16,31H2,1-7H3,(H,33,34)/t20?,21?,23?,27-/m0/s1. The molecule has 0 bridgehead atoms. The van der Waals surface area contributed by atoms with Crippen molar-refractivity contribution in [3.8, 4) is 11.5 Å². The fraction of sp³-hybridized carbons (Fsp3) is 0.667. The van der Waals surface area contributed by atoms with E-state index in [2.05, 4.69) is 0 Å². The monoisotopic (exact) mass is 581 g/mol. The molecule has 0 fully saturated rings. The molecule has 0 spiro atoms. The van der Waals surface area contributed by atoms with Crippen molar-refractivity contribution < 1.29 is 48.0 Å². The number of carboxylic acids is 1. The van der Waals surface area contributed by atoms with Crippen LogP contribution in [0.5, 0.6) is 11.5 Å². The normalized spacial score (nSPS) is 14.1. The Morgan fingerprint density at radius 3 is 1.88 bits per heavy atom. The van der Waals surface area contributed by atoms with Crippen LogP contribution in [0.3, 0.4) is 0 Å². The van der Waals surface area contributed by atoms with Gasteiger partial charge in [-0.25, -0.2) is 9.59 Å². The molecule has 0 aliphatic carbocycles. The van der Waals surface area contributed by atoms with Gasteiger partial charge in [-0.3, -0.25) is 9.59 Å². The summed E-state index contributed by atoms with van der Waals surface area (Å²) in [5, 5.41) is 9.69. The highest BCUT2D eigenvalue weighted by Crippen LogP contribution is 2.35. The van der Waals surface area contributed by atoms with Crippen molar-refractivity contribution in [1.29, 1.82) is 0 Å². The highest BCUT2D eigenvalue weighted by molar-refractivity contribution is 5.75. The van der Waals surface area contributed by atoms with Gasteiger partial charge in [0.05, 0.1) is 19.3 Å². The first-order chi connectivity index (χ1) is 19.2. The van der Waals surface area contributed by atoms with Crippen molar-refractivity contribution in [2.45, 2.75) is 98.6 Å². The molecule has 4 atom stereocenters. The molecule has 0 aromatic heterocycles. The lowest BCUT2D eigenvalue weighted by Crippen LogP contribution is -2.38. The smallest absolute Gasteiger partial charge is 0.480 e. The number of aliphatic carboxylic acids is 1. The summed E-state index contributed by atoms with van der Waals surface area (Å²) in [5.41, 5.74) is 6.41. The summed E-state index contributed by atoms with van der Waals surface area (Å²) in [4.78, 5) is 48.9. The van der Waals surface area contributed by atoms with Crippen LogP contribution in [0.4, 0.5) is 9.59 Å². The van der Waals surface area contributed by atoms with Crippen molar-refractivity contribution >= 4 is 24.2 Å². The number of carbonyl (C=O) groups excluding carboxylic acids is 3. The van der Waals surface area contributed by atoms with E-state index in [1.54, 1.807) is 6.92 Å². The second-order valence-corrected chi connectivity index (χ2v) is 11.2. The lowest BCUT2D eigenvalue weighted by atomic mass is 9.87. The number of esters is 1. The third-order valence-electron chi connectivity index (χ3n) is 6.46. The first-order valence-electron chi connectivity index (χ1n) is 14.2. The number of nitrogens with two attached hydrogens (primary N) is 1. The zero-order valence-corrected chi connectivity index (χ0v) is 25.3. The summed E-state index contributed by atoms with van der Waals surface area (Å²) >= 11 is 0. The molecule has 1 aromatic carbocycles. The Morgan fingerprint density at radius 1 is 0.854 bits per heavy atom. The van der Waals surface area contributed by atoms with E-state index < -0.39 is 36.3 Å². The molecule has 0 saturated carbocycles. The summed E-state index contributed by atoms with van der Waals surface area (Å²) < 4.78 is 26.4. The Bertz CT molecular complexity index is 993. The largest absolute Gasteiger partial charge is 0.513 e. The van der Waals surface area contributed by atoms with Crippen LogP contribution in [0.1, 0.15) is 92.1 Å². The summed E-state index contributed by atoms with van der Waals surface area (Å²) in [6, 6.07) is 2.86. The number of carboxylic acid groups (broad SMARTS) is 1. The van der Waals surface area contributed by atoms with Gasteiger partial charge in [0.15, 0.2) is 11.5 Å². The second-order valence-electron chi connectivity index (χ2n) is 11.2. The average Bonchev–Trinajstić information content (AvgIpc) is 2.87. The quantitative estimate of drug-likeness (QED) is 0.125. The van der Waals surface area contributed by atoms with Crippen LogP contribution < -0.4 is 15.2 Å². The molecule has 11 heteroatoms. The lowest BCUT2D eigenvalue weighted by Gasteiger charge is -2.25. The molecule has 3 N–H and O–H groups in total. The maximum Gasteiger partial charge on any atom is 0.513 e. The Balaban J connectivity index is 3.25. The second kappa shape index (κ2) is 18.2. The Labute approximate surface area is 243 Å². The average molecular weight is 582 g/mol. The fourth-order valence-corrected chi connectivity index (χ4v) is 3.68. The lowest BCUT2D eigenvalue weighted by molar-refractivity contribution is -0.149. The molecule has 3 unspecified atom stereocenters. The van der Waals surface area contributed by atoms with E-state index in [1.165, 1.54) is 18.2 Å². The van der Waals surface area contributed by atoms with E-state index in [0.29, 0.717) is 30.2 Å². The van der Waals surface area contributed by atoms with E-state index in [0.717, 1.165) is 6.42 Å². The number of rotatable bonds is 17. The number of hydrogen-bond acceptors (Lipinski definition) is 10. The van der Waals surface area contributed by atoms with Crippen LogP contribution in [0.25, 0.3) is 0 Å². The number of ether oxygens (including phenoxy) is 5. The van der Waals surface area contributed by atoms with Crippen LogP contribution in [-0.4, -0.2) is 54.7 Å². The van der Waals surface area contributed by atoms with Crippen LogP contribution in [-0.2, 0) is 23.8 Å². The molecule has 1 aromatic rings. The first-order valence-corrected chi connectivity index (χ1v) is 14.2. The first kappa shape index (κ1) is 35.7. The third kappa shape index (κ3) is 14.2. The zero-order chi connectivity index (χ0) is 31.1. The van der Waals surface area contributed by atoms with E-state index >= 15 is 0 Å². The Kier molecular flexibility index (Phi) is 15.8. The predicted molar refractivity (Wildman–Crippen MR) is 152 cm³/mol. The molecular formula is C30H47NO10. The maximum absolute atomic E-state index is 12.4. The third-order valence-corrected chi connectivity index (χ3v) is 6.46. The van der Waals surface area contributed by atoms with Crippen molar-refractivity contribution in [2.75, 3.05) is 13.2 Å². The Morgan fingerprint density at radius 2 is 1.39 bits per heavy atom. The SMILES string of the molecule is CCC(C)CC(=O)OC(C)CC(c1ccc(OC(=O)OCCC(C)C)c(OC(=O)OCCC(C)C)c1)[C@H](N)C(=O)O. The highest BCUT2D eigenvalue weighted by Gasteiger charge is 2.30. The summed E-state index contributed by atoms with van der Waals surface area (Å²) in [6.07, 6.45) is -0.276. The van der Waals surface area contributed by atoms with Gasteiger partial charge in [-0.15, -0.1) is 0 Å². The van der Waals surface area contributed by atoms with Crippen LogP contribution >= 0.6 is 0 Å². The van der Waals surface area contributed by atoms with Gasteiger partial charge in [0, 0.05) is 12.3 Å². The van der Waals surface area contributed by atoms with Crippen molar-refractivity contribution in [2.24, 2.45) is 23.5 Å². The molecule has 0 amide bonds. The molecule has 0 aliphatic rings. The molecule has 0 radical (unpaired) electrons. The van der Waals surface area contributed by atoms with Gasteiger partial charge in [0.1, 0.15) is 6.04 Å². The predicted octanol–water partition coefficient (Wildman–Crippen LogP) is 6.06. The number of hydrogen-bond donors (Lipinski definition) is 2. The number of carbonyl (C=O) groups is 4. The highest BCUT2D eigenvalue weighted by atomic mass is 16.7. The van der Waals surface area contributed by atoms with Crippen LogP contribution in [0.15, 0.2) is 18.2 Å². The molecule has 0 aliphatic heterocycles. The van der Waals surface area contributed by atoms with Crippen molar-refractivity contribution in [1.82, 2.24) is 0 Å². The van der Waals surface area contributed by atoms with Crippen LogP contribution in [0.2, 0.25) is 0 Å². The molecule has 0 heterocycles. The molecule has 1 rings (SSSR count). The molecular weight excluding hydrogens is 534 g/mol. The number of benzene rings is 1. The van der Waals surface area contributed by atoms with Gasteiger partial charge in [-0.05, 0) is 61.6 Å². The van der Waals surface area contributed by atoms with E-state index in [1.807, 2.05) is 41.5 Å². The topological polar surface area (TPSA) is 161 Å². The summed E-state index contributed by atoms with van der Waals surface area (Å²) in [7, 11) is 0. The van der Waals surface area contributed by atoms with Crippen molar-refractivity contribution in [3.05, 3.63) is 23.8 Å². The van der Waals surface area contributed by atoms with Crippen molar-refractivity contribution in [3.63, 3.8) is 0 Å². The minimum Gasteiger partial charge on any atom is -0.480 e. The maximum atomic E-state index is 12.4. The van der Waals surface area contributed by atoms with Gasteiger partial charge in [-0.2, -0.15) is 0 Å². The van der Waals surface area contributed by atoms with Gasteiger partial charge >= 0.3 is 24.2 Å². The van der Waals surface area contributed by atoms with Crippen LogP contribution in [0, 0.1) is 17.8 Å². The van der Waals surface area contributed by atoms with Gasteiger partial charge in [0.2, 0.25) is 0 Å². The zero-order valence-electron chi connectivity index (χ0n) is 25.3. The minimum atomic E-state index is -1.37. The minimum absolute atomic E-state index is 0.0788. The molecule has 41 heavy (non-hydrogen) atoms. The van der Waals surface area contributed by atoms with E-state index in [4.69, 9.17) is 29.4 Å². The van der Waals surface area contributed by atoms with E-state index in [9.17, 15) is 24.3 Å². The fourth-order valence-electron chi connectivity index (χ4n) is 3.68. The van der Waals surface area contributed by atoms with E-state index in [-0.39, 0.29) is 49.4 Å². The van der Waals surface area contributed by atoms with Gasteiger partial charge in [-0.1, -0.05) is 54.0 Å². The molecule has 0 saturated heterocycles. The summed E-state index contributed by atoms with van der Waals surface area (Å²) in [6.45, 7) is 13.8. The summed E-state index contributed by atoms with van der Waals surface area (Å²) in [5.74, 6) is -2.04. The Hall–Kier alpha value is -3.34.